The van der Waals surface area contributed by atoms with Crippen LogP contribution in [0.25, 0.3) is 0 Å². The molecule has 1 aromatic rings. The van der Waals surface area contributed by atoms with Crippen molar-refractivity contribution in [3.8, 4) is 0 Å². The summed E-state index contributed by atoms with van der Waals surface area (Å²) in [6.07, 6.45) is 0. The SMILES string of the molecule is COC(=O)C(C(C)C)C(C)(O)c1c(C)cc(C)cc1C. The van der Waals surface area contributed by atoms with E-state index in [0.717, 1.165) is 22.3 Å². The van der Waals surface area contributed by atoms with Gasteiger partial charge in [-0.15, -0.1) is 0 Å². The molecule has 0 radical (unpaired) electrons. The molecule has 0 aromatic heterocycles. The van der Waals surface area contributed by atoms with Crippen LogP contribution in [0, 0.1) is 32.6 Å². The second-order valence-electron chi connectivity index (χ2n) is 6.17. The van der Waals surface area contributed by atoms with E-state index in [1.165, 1.54) is 7.11 Å². The van der Waals surface area contributed by atoms with Crippen molar-refractivity contribution < 1.29 is 14.6 Å². The molecule has 0 bridgehead atoms. The van der Waals surface area contributed by atoms with E-state index in [9.17, 15) is 9.90 Å². The summed E-state index contributed by atoms with van der Waals surface area (Å²) in [4.78, 5) is 12.1. The minimum Gasteiger partial charge on any atom is -0.469 e. The Kier molecular flexibility index (Phi) is 4.98. The molecule has 2 unspecified atom stereocenters. The zero-order valence-corrected chi connectivity index (χ0v) is 13.6. The van der Waals surface area contributed by atoms with Crippen molar-refractivity contribution in [3.63, 3.8) is 0 Å². The Labute approximate surface area is 122 Å². The molecule has 0 saturated heterocycles. The highest BCUT2D eigenvalue weighted by Gasteiger charge is 2.43. The second-order valence-corrected chi connectivity index (χ2v) is 6.17. The minimum atomic E-state index is -1.25. The third-order valence-corrected chi connectivity index (χ3v) is 3.91. The number of ether oxygens (including phenoxy) is 1. The van der Waals surface area contributed by atoms with Gasteiger partial charge in [-0.25, -0.2) is 0 Å². The van der Waals surface area contributed by atoms with Gasteiger partial charge in [0, 0.05) is 0 Å². The maximum atomic E-state index is 12.1. The van der Waals surface area contributed by atoms with Gasteiger partial charge in [0.2, 0.25) is 0 Å². The monoisotopic (exact) mass is 278 g/mol. The lowest BCUT2D eigenvalue weighted by molar-refractivity contribution is -0.159. The fourth-order valence-corrected chi connectivity index (χ4v) is 3.41. The van der Waals surface area contributed by atoms with E-state index in [-0.39, 0.29) is 11.9 Å². The number of aliphatic hydroxyl groups is 1. The summed E-state index contributed by atoms with van der Waals surface area (Å²) in [5.41, 5.74) is 2.73. The van der Waals surface area contributed by atoms with Gasteiger partial charge in [-0.05, 0) is 50.3 Å². The minimum absolute atomic E-state index is 0.0162. The molecule has 0 amide bonds. The van der Waals surface area contributed by atoms with E-state index in [0.29, 0.717) is 0 Å². The summed E-state index contributed by atoms with van der Waals surface area (Å²) in [6, 6.07) is 4.07. The first kappa shape index (κ1) is 16.7. The van der Waals surface area contributed by atoms with E-state index in [2.05, 4.69) is 0 Å². The number of aryl methyl sites for hydroxylation is 3. The largest absolute Gasteiger partial charge is 0.469 e. The van der Waals surface area contributed by atoms with Gasteiger partial charge in [-0.1, -0.05) is 31.5 Å². The van der Waals surface area contributed by atoms with Crippen LogP contribution in [-0.2, 0) is 15.1 Å². The molecule has 0 aliphatic carbocycles. The number of carbonyl (C=O) groups is 1. The molecular formula is C17H26O3. The normalized spacial score (nSPS) is 15.8. The van der Waals surface area contributed by atoms with Gasteiger partial charge in [-0.3, -0.25) is 4.79 Å². The molecule has 0 heterocycles. The van der Waals surface area contributed by atoms with E-state index in [4.69, 9.17) is 4.74 Å². The van der Waals surface area contributed by atoms with Gasteiger partial charge in [-0.2, -0.15) is 0 Å². The van der Waals surface area contributed by atoms with Crippen LogP contribution in [-0.4, -0.2) is 18.2 Å². The number of benzene rings is 1. The third kappa shape index (κ3) is 3.04. The summed E-state index contributed by atoms with van der Waals surface area (Å²) < 4.78 is 4.89. The molecule has 20 heavy (non-hydrogen) atoms. The lowest BCUT2D eigenvalue weighted by Gasteiger charge is -2.36. The first-order chi connectivity index (χ1) is 9.12. The summed E-state index contributed by atoms with van der Waals surface area (Å²) in [6.45, 7) is 11.5. The van der Waals surface area contributed by atoms with Gasteiger partial charge in [0.1, 0.15) is 5.60 Å². The second kappa shape index (κ2) is 5.96. The van der Waals surface area contributed by atoms with Crippen molar-refractivity contribution in [2.75, 3.05) is 7.11 Å². The lowest BCUT2D eigenvalue weighted by atomic mass is 9.73. The maximum Gasteiger partial charge on any atom is 0.312 e. The summed E-state index contributed by atoms with van der Waals surface area (Å²) >= 11 is 0. The first-order valence-corrected chi connectivity index (χ1v) is 7.01. The van der Waals surface area contributed by atoms with E-state index in [1.807, 2.05) is 46.8 Å². The molecule has 1 aromatic carbocycles. The predicted octanol–water partition coefficient (Wildman–Crippen LogP) is 3.26. The van der Waals surface area contributed by atoms with Crippen molar-refractivity contribution in [2.24, 2.45) is 11.8 Å². The van der Waals surface area contributed by atoms with Gasteiger partial charge in [0.25, 0.3) is 0 Å². The zero-order chi connectivity index (χ0) is 15.7. The molecule has 3 heteroatoms. The Bertz CT molecular complexity index is 478. The van der Waals surface area contributed by atoms with Crippen LogP contribution in [0.15, 0.2) is 12.1 Å². The summed E-state index contributed by atoms with van der Waals surface area (Å²) in [5, 5.41) is 11.1. The highest BCUT2D eigenvalue weighted by Crippen LogP contribution is 2.38. The lowest BCUT2D eigenvalue weighted by Crippen LogP contribution is -2.42. The molecule has 0 aliphatic heterocycles. The van der Waals surface area contributed by atoms with Crippen LogP contribution < -0.4 is 0 Å². The Morgan fingerprint density at radius 3 is 2.00 bits per heavy atom. The zero-order valence-electron chi connectivity index (χ0n) is 13.6. The first-order valence-electron chi connectivity index (χ1n) is 7.01. The predicted molar refractivity (Wildman–Crippen MR) is 80.6 cm³/mol. The maximum absolute atomic E-state index is 12.1. The smallest absolute Gasteiger partial charge is 0.312 e. The average molecular weight is 278 g/mol. The van der Waals surface area contributed by atoms with Crippen molar-refractivity contribution in [3.05, 3.63) is 34.4 Å². The molecule has 3 nitrogen and oxygen atoms in total. The van der Waals surface area contributed by atoms with Crippen LogP contribution in [0.5, 0.6) is 0 Å². The van der Waals surface area contributed by atoms with Gasteiger partial charge in [0.05, 0.1) is 13.0 Å². The number of hydrogen-bond acceptors (Lipinski definition) is 3. The number of rotatable bonds is 4. The highest BCUT2D eigenvalue weighted by atomic mass is 16.5. The van der Waals surface area contributed by atoms with E-state index in [1.54, 1.807) is 6.92 Å². The average Bonchev–Trinajstić information content (AvgIpc) is 2.25. The Hall–Kier alpha value is -1.35. The van der Waals surface area contributed by atoms with Crippen LogP contribution in [0.1, 0.15) is 43.0 Å². The van der Waals surface area contributed by atoms with Crippen LogP contribution >= 0.6 is 0 Å². The number of hydrogen-bond donors (Lipinski definition) is 1. The number of methoxy groups -OCH3 is 1. The van der Waals surface area contributed by atoms with E-state index >= 15 is 0 Å². The topological polar surface area (TPSA) is 46.5 Å². The Balaban J connectivity index is 3.44. The fraction of sp³-hybridized carbons (Fsp3) is 0.588. The van der Waals surface area contributed by atoms with Crippen molar-refractivity contribution >= 4 is 5.97 Å². The van der Waals surface area contributed by atoms with Gasteiger partial charge < -0.3 is 9.84 Å². The van der Waals surface area contributed by atoms with Gasteiger partial charge in [0.15, 0.2) is 0 Å². The molecule has 2 atom stereocenters. The molecule has 112 valence electrons. The Morgan fingerprint density at radius 2 is 1.65 bits per heavy atom. The Morgan fingerprint density at radius 1 is 1.20 bits per heavy atom. The standard InChI is InChI=1S/C17H26O3/c1-10(2)14(16(18)20-7)17(6,19)15-12(4)8-11(3)9-13(15)5/h8-10,14,19H,1-7H3. The summed E-state index contributed by atoms with van der Waals surface area (Å²) in [5.74, 6) is -0.977. The molecule has 1 N–H and O–H groups in total. The number of esters is 1. The number of carbonyl (C=O) groups excluding carboxylic acids is 1. The molecular weight excluding hydrogens is 252 g/mol. The van der Waals surface area contributed by atoms with Crippen LogP contribution in [0.2, 0.25) is 0 Å². The van der Waals surface area contributed by atoms with Crippen molar-refractivity contribution in [2.45, 2.75) is 47.1 Å². The van der Waals surface area contributed by atoms with Crippen LogP contribution in [0.3, 0.4) is 0 Å². The summed E-state index contributed by atoms with van der Waals surface area (Å²) in [7, 11) is 1.36. The van der Waals surface area contributed by atoms with E-state index < -0.39 is 11.5 Å². The van der Waals surface area contributed by atoms with Crippen molar-refractivity contribution in [1.82, 2.24) is 0 Å². The van der Waals surface area contributed by atoms with Crippen LogP contribution in [0.4, 0.5) is 0 Å². The fourth-order valence-electron chi connectivity index (χ4n) is 3.41. The highest BCUT2D eigenvalue weighted by molar-refractivity contribution is 5.74. The molecule has 1 rings (SSSR count). The van der Waals surface area contributed by atoms with Gasteiger partial charge >= 0.3 is 5.97 Å². The molecule has 0 fully saturated rings. The quantitative estimate of drug-likeness (QED) is 0.860. The van der Waals surface area contributed by atoms with Crippen molar-refractivity contribution in [1.29, 1.82) is 0 Å². The molecule has 0 aliphatic rings. The third-order valence-electron chi connectivity index (χ3n) is 3.91. The molecule has 0 spiro atoms. The molecule has 0 saturated carbocycles.